The number of carbonyl (C=O) groups is 1. The van der Waals surface area contributed by atoms with E-state index in [4.69, 9.17) is 0 Å². The third kappa shape index (κ3) is 3.63. The van der Waals surface area contributed by atoms with Gasteiger partial charge in [-0.15, -0.1) is 6.58 Å². The SMILES string of the molecule is C=CCCC(=O)NC1(CO)CCCC(C)C1. The zero-order valence-corrected chi connectivity index (χ0v) is 10.2. The Morgan fingerprint density at radius 2 is 2.44 bits per heavy atom. The third-order valence-corrected chi connectivity index (χ3v) is 3.37. The van der Waals surface area contributed by atoms with E-state index in [1.165, 1.54) is 6.42 Å². The van der Waals surface area contributed by atoms with Gasteiger partial charge in [-0.3, -0.25) is 4.79 Å². The number of hydrogen-bond donors (Lipinski definition) is 2. The minimum absolute atomic E-state index is 0.0306. The third-order valence-electron chi connectivity index (χ3n) is 3.37. The maximum atomic E-state index is 11.7. The lowest BCUT2D eigenvalue weighted by atomic mass is 9.76. The highest BCUT2D eigenvalue weighted by Crippen LogP contribution is 2.32. The highest BCUT2D eigenvalue weighted by Gasteiger charge is 2.35. The molecule has 1 rings (SSSR count). The van der Waals surface area contributed by atoms with Crippen molar-refractivity contribution in [1.82, 2.24) is 5.32 Å². The lowest BCUT2D eigenvalue weighted by Crippen LogP contribution is -2.53. The average Bonchev–Trinajstić information content (AvgIpc) is 2.26. The Bertz CT molecular complexity index is 252. The molecule has 2 unspecified atom stereocenters. The van der Waals surface area contributed by atoms with Crippen LogP contribution in [0.25, 0.3) is 0 Å². The number of amides is 1. The van der Waals surface area contributed by atoms with Gasteiger partial charge in [0.25, 0.3) is 0 Å². The van der Waals surface area contributed by atoms with Crippen molar-refractivity contribution in [3.05, 3.63) is 12.7 Å². The van der Waals surface area contributed by atoms with Gasteiger partial charge >= 0.3 is 0 Å². The quantitative estimate of drug-likeness (QED) is 0.703. The van der Waals surface area contributed by atoms with Crippen LogP contribution in [-0.2, 0) is 4.79 Å². The number of nitrogens with one attached hydrogen (secondary N) is 1. The van der Waals surface area contributed by atoms with Crippen molar-refractivity contribution >= 4 is 5.91 Å². The van der Waals surface area contributed by atoms with Gasteiger partial charge in [-0.05, 0) is 25.2 Å². The molecule has 0 aromatic carbocycles. The molecule has 0 heterocycles. The molecule has 0 bridgehead atoms. The van der Waals surface area contributed by atoms with Crippen molar-refractivity contribution in [3.63, 3.8) is 0 Å². The second-order valence-corrected chi connectivity index (χ2v) is 5.02. The molecule has 0 aromatic rings. The van der Waals surface area contributed by atoms with Gasteiger partial charge in [-0.1, -0.05) is 25.8 Å². The number of carbonyl (C=O) groups excluding carboxylic acids is 1. The standard InChI is InChI=1S/C13H23NO2/c1-3-4-7-12(16)14-13(10-15)8-5-6-11(2)9-13/h3,11,15H,1,4-10H2,2H3,(H,14,16). The van der Waals surface area contributed by atoms with Gasteiger partial charge in [0.2, 0.25) is 5.91 Å². The van der Waals surface area contributed by atoms with Crippen LogP contribution in [0.2, 0.25) is 0 Å². The first-order chi connectivity index (χ1) is 7.62. The van der Waals surface area contributed by atoms with Crippen LogP contribution in [0.5, 0.6) is 0 Å². The first-order valence-corrected chi connectivity index (χ1v) is 6.14. The first kappa shape index (κ1) is 13.2. The topological polar surface area (TPSA) is 49.3 Å². The van der Waals surface area contributed by atoms with E-state index in [1.54, 1.807) is 6.08 Å². The Hall–Kier alpha value is -0.830. The minimum atomic E-state index is -0.365. The summed E-state index contributed by atoms with van der Waals surface area (Å²) in [5.41, 5.74) is -0.365. The zero-order valence-electron chi connectivity index (χ0n) is 10.2. The van der Waals surface area contributed by atoms with Gasteiger partial charge in [-0.2, -0.15) is 0 Å². The molecule has 3 heteroatoms. The van der Waals surface area contributed by atoms with Crippen molar-refractivity contribution in [2.75, 3.05) is 6.61 Å². The summed E-state index contributed by atoms with van der Waals surface area (Å²) in [6.07, 6.45) is 6.99. The van der Waals surface area contributed by atoms with Gasteiger partial charge in [-0.25, -0.2) is 0 Å². The van der Waals surface area contributed by atoms with E-state index in [0.29, 0.717) is 18.8 Å². The van der Waals surface area contributed by atoms with Crippen LogP contribution < -0.4 is 5.32 Å². The highest BCUT2D eigenvalue weighted by atomic mass is 16.3. The van der Waals surface area contributed by atoms with Gasteiger partial charge < -0.3 is 10.4 Å². The monoisotopic (exact) mass is 225 g/mol. The molecular formula is C13H23NO2. The molecule has 1 amide bonds. The van der Waals surface area contributed by atoms with Crippen LogP contribution >= 0.6 is 0 Å². The molecule has 1 fully saturated rings. The lowest BCUT2D eigenvalue weighted by Gasteiger charge is -2.39. The minimum Gasteiger partial charge on any atom is -0.394 e. The van der Waals surface area contributed by atoms with Crippen LogP contribution in [0.4, 0.5) is 0 Å². The Balaban J connectivity index is 2.51. The smallest absolute Gasteiger partial charge is 0.220 e. The summed E-state index contributed by atoms with van der Waals surface area (Å²) in [6, 6.07) is 0. The Morgan fingerprint density at radius 3 is 3.00 bits per heavy atom. The predicted molar refractivity (Wildman–Crippen MR) is 65.0 cm³/mol. The van der Waals surface area contributed by atoms with Gasteiger partial charge in [0.05, 0.1) is 12.1 Å². The van der Waals surface area contributed by atoms with Crippen LogP contribution in [0.1, 0.15) is 45.4 Å². The number of allylic oxidation sites excluding steroid dienone is 1. The summed E-state index contributed by atoms with van der Waals surface area (Å²) in [5, 5.41) is 12.5. The van der Waals surface area contributed by atoms with E-state index < -0.39 is 0 Å². The fourth-order valence-electron chi connectivity index (χ4n) is 2.55. The van der Waals surface area contributed by atoms with Crippen molar-refractivity contribution in [3.8, 4) is 0 Å². The van der Waals surface area contributed by atoms with Crippen molar-refractivity contribution in [1.29, 1.82) is 0 Å². The van der Waals surface area contributed by atoms with E-state index in [-0.39, 0.29) is 18.1 Å². The highest BCUT2D eigenvalue weighted by molar-refractivity contribution is 5.77. The van der Waals surface area contributed by atoms with Gasteiger partial charge in [0.15, 0.2) is 0 Å². The van der Waals surface area contributed by atoms with Crippen LogP contribution in [0, 0.1) is 5.92 Å². The summed E-state index contributed by atoms with van der Waals surface area (Å²) in [7, 11) is 0. The lowest BCUT2D eigenvalue weighted by molar-refractivity contribution is -0.124. The Labute approximate surface area is 97.9 Å². The molecule has 3 nitrogen and oxygen atoms in total. The van der Waals surface area contributed by atoms with Crippen molar-refractivity contribution < 1.29 is 9.90 Å². The van der Waals surface area contributed by atoms with Crippen LogP contribution in [-0.4, -0.2) is 23.2 Å². The van der Waals surface area contributed by atoms with E-state index >= 15 is 0 Å². The fourth-order valence-corrected chi connectivity index (χ4v) is 2.55. The molecule has 0 aromatic heterocycles. The molecule has 16 heavy (non-hydrogen) atoms. The Morgan fingerprint density at radius 1 is 1.69 bits per heavy atom. The first-order valence-electron chi connectivity index (χ1n) is 6.14. The maximum absolute atomic E-state index is 11.7. The fraction of sp³-hybridized carbons (Fsp3) is 0.769. The van der Waals surface area contributed by atoms with Gasteiger partial charge in [0, 0.05) is 6.42 Å². The van der Waals surface area contributed by atoms with E-state index in [2.05, 4.69) is 18.8 Å². The summed E-state index contributed by atoms with van der Waals surface area (Å²) in [6.45, 7) is 5.83. The number of hydrogen-bond acceptors (Lipinski definition) is 2. The molecule has 2 N–H and O–H groups in total. The number of aliphatic hydroxyl groups excluding tert-OH is 1. The Kier molecular flexibility index (Phi) is 5.00. The molecule has 0 aliphatic heterocycles. The molecule has 0 spiro atoms. The summed E-state index contributed by atoms with van der Waals surface area (Å²) >= 11 is 0. The maximum Gasteiger partial charge on any atom is 0.220 e. The molecular weight excluding hydrogens is 202 g/mol. The zero-order chi connectivity index (χ0) is 12.0. The van der Waals surface area contributed by atoms with Crippen LogP contribution in [0.3, 0.4) is 0 Å². The molecule has 1 aliphatic rings. The van der Waals surface area contributed by atoms with Crippen LogP contribution in [0.15, 0.2) is 12.7 Å². The molecule has 1 aliphatic carbocycles. The normalized spacial score (nSPS) is 29.8. The van der Waals surface area contributed by atoms with Crippen molar-refractivity contribution in [2.24, 2.45) is 5.92 Å². The van der Waals surface area contributed by atoms with E-state index in [1.807, 2.05) is 0 Å². The molecule has 0 saturated heterocycles. The number of rotatable bonds is 5. The summed E-state index contributed by atoms with van der Waals surface area (Å²) < 4.78 is 0. The molecule has 2 atom stereocenters. The van der Waals surface area contributed by atoms with Crippen molar-refractivity contribution in [2.45, 2.75) is 51.0 Å². The molecule has 0 radical (unpaired) electrons. The second kappa shape index (κ2) is 6.04. The number of aliphatic hydroxyl groups is 1. The van der Waals surface area contributed by atoms with E-state index in [0.717, 1.165) is 19.3 Å². The van der Waals surface area contributed by atoms with E-state index in [9.17, 15) is 9.90 Å². The average molecular weight is 225 g/mol. The largest absolute Gasteiger partial charge is 0.394 e. The summed E-state index contributed by atoms with van der Waals surface area (Å²) in [5.74, 6) is 0.614. The second-order valence-electron chi connectivity index (χ2n) is 5.02. The molecule has 92 valence electrons. The predicted octanol–water partition coefficient (Wildman–Crippen LogP) is 2.01. The van der Waals surface area contributed by atoms with Gasteiger partial charge in [0.1, 0.15) is 0 Å². The molecule has 1 saturated carbocycles. The summed E-state index contributed by atoms with van der Waals surface area (Å²) in [4.78, 5) is 11.7.